The molecule has 0 saturated heterocycles. The average molecular weight is 256 g/mol. The van der Waals surface area contributed by atoms with Crippen molar-refractivity contribution in [1.82, 2.24) is 0 Å². The number of benzene rings is 2. The zero-order valence-corrected chi connectivity index (χ0v) is 10.8. The van der Waals surface area contributed by atoms with E-state index in [-0.39, 0.29) is 12.4 Å². The molecule has 0 spiro atoms. The number of rotatable bonds is 5. The van der Waals surface area contributed by atoms with Crippen molar-refractivity contribution in [1.29, 1.82) is 0 Å². The first-order valence-electron chi connectivity index (χ1n) is 6.10. The third-order valence-electron chi connectivity index (χ3n) is 2.73. The van der Waals surface area contributed by atoms with Crippen molar-refractivity contribution in [2.75, 3.05) is 7.11 Å². The topological polar surface area (TPSA) is 35.5 Å². The summed E-state index contributed by atoms with van der Waals surface area (Å²) in [4.78, 5) is 11.7. The molecule has 98 valence electrons. The van der Waals surface area contributed by atoms with Gasteiger partial charge in [-0.15, -0.1) is 0 Å². The predicted molar refractivity (Wildman–Crippen MR) is 72.9 cm³/mol. The molecule has 0 amide bonds. The highest BCUT2D eigenvalue weighted by molar-refractivity contribution is 5.72. The van der Waals surface area contributed by atoms with Crippen LogP contribution in [0.4, 0.5) is 0 Å². The van der Waals surface area contributed by atoms with Crippen LogP contribution in [0, 0.1) is 0 Å². The third-order valence-corrected chi connectivity index (χ3v) is 2.73. The first-order chi connectivity index (χ1) is 9.28. The van der Waals surface area contributed by atoms with E-state index in [1.54, 1.807) is 7.11 Å². The van der Waals surface area contributed by atoms with Crippen LogP contribution in [0.5, 0.6) is 5.75 Å². The summed E-state index contributed by atoms with van der Waals surface area (Å²) in [6.07, 6.45) is 0.254. The fraction of sp³-hybridized carbons (Fsp3) is 0.188. The van der Waals surface area contributed by atoms with Crippen LogP contribution in [0.2, 0.25) is 0 Å². The Hall–Kier alpha value is -2.29. The Kier molecular flexibility index (Phi) is 4.56. The Morgan fingerprint density at radius 1 is 1.00 bits per heavy atom. The SMILES string of the molecule is COc1cccc(CC(=O)OCc2ccccc2)c1. The van der Waals surface area contributed by atoms with Gasteiger partial charge in [0.1, 0.15) is 12.4 Å². The van der Waals surface area contributed by atoms with Crippen molar-refractivity contribution >= 4 is 5.97 Å². The molecular weight excluding hydrogens is 240 g/mol. The van der Waals surface area contributed by atoms with Gasteiger partial charge in [-0.05, 0) is 23.3 Å². The van der Waals surface area contributed by atoms with Gasteiger partial charge in [0.25, 0.3) is 0 Å². The van der Waals surface area contributed by atoms with E-state index < -0.39 is 0 Å². The molecular formula is C16H16O3. The fourth-order valence-corrected chi connectivity index (χ4v) is 1.74. The lowest BCUT2D eigenvalue weighted by molar-refractivity contribution is -0.144. The molecule has 0 atom stereocenters. The summed E-state index contributed by atoms with van der Waals surface area (Å²) in [6, 6.07) is 17.1. The van der Waals surface area contributed by atoms with Gasteiger partial charge in [-0.1, -0.05) is 42.5 Å². The molecule has 19 heavy (non-hydrogen) atoms. The van der Waals surface area contributed by atoms with Crippen LogP contribution >= 0.6 is 0 Å². The quantitative estimate of drug-likeness (QED) is 0.771. The van der Waals surface area contributed by atoms with Crippen LogP contribution in [0.1, 0.15) is 11.1 Å². The number of hydrogen-bond acceptors (Lipinski definition) is 3. The first-order valence-corrected chi connectivity index (χ1v) is 6.10. The largest absolute Gasteiger partial charge is 0.497 e. The van der Waals surface area contributed by atoms with Crippen molar-refractivity contribution in [3.8, 4) is 5.75 Å². The highest BCUT2D eigenvalue weighted by Crippen LogP contribution is 2.13. The maximum absolute atomic E-state index is 11.7. The minimum atomic E-state index is -0.239. The van der Waals surface area contributed by atoms with Gasteiger partial charge in [0.15, 0.2) is 0 Å². The molecule has 0 unspecified atom stereocenters. The lowest BCUT2D eigenvalue weighted by Gasteiger charge is -2.06. The molecule has 0 radical (unpaired) electrons. The van der Waals surface area contributed by atoms with Gasteiger partial charge >= 0.3 is 5.97 Å². The number of carbonyl (C=O) groups excluding carboxylic acids is 1. The molecule has 0 fully saturated rings. The Morgan fingerprint density at radius 3 is 2.47 bits per heavy atom. The Labute approximate surface area is 112 Å². The van der Waals surface area contributed by atoms with E-state index in [1.165, 1.54) is 0 Å². The summed E-state index contributed by atoms with van der Waals surface area (Å²) in [7, 11) is 1.60. The summed E-state index contributed by atoms with van der Waals surface area (Å²) >= 11 is 0. The van der Waals surface area contributed by atoms with E-state index in [2.05, 4.69) is 0 Å². The van der Waals surface area contributed by atoms with Gasteiger partial charge in [-0.2, -0.15) is 0 Å². The van der Waals surface area contributed by atoms with Gasteiger partial charge in [0, 0.05) is 0 Å². The number of methoxy groups -OCH3 is 1. The lowest BCUT2D eigenvalue weighted by atomic mass is 10.1. The Morgan fingerprint density at radius 2 is 1.74 bits per heavy atom. The zero-order valence-electron chi connectivity index (χ0n) is 10.8. The van der Waals surface area contributed by atoms with Crippen LogP contribution in [0.15, 0.2) is 54.6 Å². The molecule has 0 aromatic heterocycles. The Bertz CT molecular complexity index is 535. The van der Waals surface area contributed by atoms with Gasteiger partial charge < -0.3 is 9.47 Å². The van der Waals surface area contributed by atoms with Crippen LogP contribution < -0.4 is 4.74 Å². The van der Waals surface area contributed by atoms with Crippen LogP contribution in [0.3, 0.4) is 0 Å². The molecule has 3 nitrogen and oxygen atoms in total. The van der Waals surface area contributed by atoms with E-state index in [4.69, 9.17) is 9.47 Å². The minimum Gasteiger partial charge on any atom is -0.497 e. The Balaban J connectivity index is 1.87. The minimum absolute atomic E-state index is 0.239. The van der Waals surface area contributed by atoms with Crippen molar-refractivity contribution in [2.45, 2.75) is 13.0 Å². The maximum atomic E-state index is 11.7. The molecule has 2 aromatic rings. The lowest BCUT2D eigenvalue weighted by Crippen LogP contribution is -2.08. The molecule has 2 rings (SSSR count). The van der Waals surface area contributed by atoms with Crippen LogP contribution in [-0.4, -0.2) is 13.1 Å². The molecule has 2 aromatic carbocycles. The van der Waals surface area contributed by atoms with Gasteiger partial charge in [-0.3, -0.25) is 4.79 Å². The van der Waals surface area contributed by atoms with E-state index in [9.17, 15) is 4.79 Å². The van der Waals surface area contributed by atoms with Gasteiger partial charge in [0.2, 0.25) is 0 Å². The maximum Gasteiger partial charge on any atom is 0.310 e. The normalized spacial score (nSPS) is 9.95. The highest BCUT2D eigenvalue weighted by atomic mass is 16.5. The van der Waals surface area contributed by atoms with Crippen molar-refractivity contribution in [2.24, 2.45) is 0 Å². The second kappa shape index (κ2) is 6.59. The number of carbonyl (C=O) groups is 1. The summed E-state index contributed by atoms with van der Waals surface area (Å²) < 4.78 is 10.3. The number of hydrogen-bond donors (Lipinski definition) is 0. The molecule has 0 aliphatic heterocycles. The summed E-state index contributed by atoms with van der Waals surface area (Å²) in [5.74, 6) is 0.505. The van der Waals surface area contributed by atoms with Crippen LogP contribution in [0.25, 0.3) is 0 Å². The summed E-state index contributed by atoms with van der Waals surface area (Å²) in [5.41, 5.74) is 1.87. The molecule has 3 heteroatoms. The fourth-order valence-electron chi connectivity index (χ4n) is 1.74. The van der Waals surface area contributed by atoms with E-state index in [1.807, 2.05) is 54.6 Å². The highest BCUT2D eigenvalue weighted by Gasteiger charge is 2.06. The molecule has 0 aliphatic rings. The number of esters is 1. The summed E-state index contributed by atoms with van der Waals surface area (Å²) in [5, 5.41) is 0. The van der Waals surface area contributed by atoms with E-state index in [0.717, 1.165) is 16.9 Å². The van der Waals surface area contributed by atoms with Crippen molar-refractivity contribution in [3.63, 3.8) is 0 Å². The van der Waals surface area contributed by atoms with Crippen molar-refractivity contribution < 1.29 is 14.3 Å². The zero-order chi connectivity index (χ0) is 13.5. The average Bonchev–Trinajstić information content (AvgIpc) is 2.46. The first kappa shape index (κ1) is 13.1. The predicted octanol–water partition coefficient (Wildman–Crippen LogP) is 2.98. The van der Waals surface area contributed by atoms with E-state index in [0.29, 0.717) is 6.61 Å². The molecule has 0 bridgehead atoms. The second-order valence-corrected chi connectivity index (χ2v) is 4.17. The molecule has 0 aliphatic carbocycles. The molecule has 0 N–H and O–H groups in total. The van der Waals surface area contributed by atoms with E-state index >= 15 is 0 Å². The van der Waals surface area contributed by atoms with Crippen molar-refractivity contribution in [3.05, 3.63) is 65.7 Å². The second-order valence-electron chi connectivity index (χ2n) is 4.17. The molecule has 0 saturated carbocycles. The standard InChI is InChI=1S/C16H16O3/c1-18-15-9-5-8-14(10-15)11-16(17)19-12-13-6-3-2-4-7-13/h2-10H,11-12H2,1H3. The van der Waals surface area contributed by atoms with Gasteiger partial charge in [0.05, 0.1) is 13.5 Å². The third kappa shape index (κ3) is 4.14. The van der Waals surface area contributed by atoms with Crippen LogP contribution in [-0.2, 0) is 22.6 Å². The monoisotopic (exact) mass is 256 g/mol. The smallest absolute Gasteiger partial charge is 0.310 e. The molecule has 0 heterocycles. The number of ether oxygens (including phenoxy) is 2. The van der Waals surface area contributed by atoms with Gasteiger partial charge in [-0.25, -0.2) is 0 Å². The summed E-state index contributed by atoms with van der Waals surface area (Å²) in [6.45, 7) is 0.309.